The lowest BCUT2D eigenvalue weighted by molar-refractivity contribution is -0.169. The van der Waals surface area contributed by atoms with Crippen LogP contribution in [0, 0.1) is 0 Å². The molecular formula is C18H13F3N4O3. The Morgan fingerprint density at radius 2 is 1.86 bits per heavy atom. The van der Waals surface area contributed by atoms with Gasteiger partial charge in [-0.15, -0.1) is 0 Å². The number of amides is 1. The molecule has 3 aromatic rings. The summed E-state index contributed by atoms with van der Waals surface area (Å²) in [4.78, 5) is 29.3. The summed E-state index contributed by atoms with van der Waals surface area (Å²) in [6, 6.07) is 11.7. The summed E-state index contributed by atoms with van der Waals surface area (Å²) in [5.41, 5.74) is -2.82. The molecule has 0 fully saturated rings. The average Bonchev–Trinajstić information content (AvgIpc) is 3.16. The molecule has 10 heteroatoms. The molecule has 1 aliphatic rings. The maximum absolute atomic E-state index is 13.9. The minimum Gasteiger partial charge on any atom is -0.497 e. The Bertz CT molecular complexity index is 1090. The summed E-state index contributed by atoms with van der Waals surface area (Å²) in [7, 11) is 1.42. The van der Waals surface area contributed by atoms with Crippen LogP contribution in [-0.2, 0) is 0 Å². The molecule has 0 unspecified atom stereocenters. The lowest BCUT2D eigenvalue weighted by atomic mass is 10.1. The van der Waals surface area contributed by atoms with Crippen molar-refractivity contribution in [3.8, 4) is 5.75 Å². The molecule has 1 atom stereocenters. The smallest absolute Gasteiger partial charge is 0.440 e. The predicted molar refractivity (Wildman–Crippen MR) is 93.2 cm³/mol. The highest BCUT2D eigenvalue weighted by atomic mass is 19.4. The molecule has 7 nitrogen and oxygen atoms in total. The van der Waals surface area contributed by atoms with Gasteiger partial charge in [0.15, 0.2) is 0 Å². The number of aromatic nitrogens is 2. The molecule has 4 rings (SSSR count). The third-order valence-electron chi connectivity index (χ3n) is 4.46. The van der Waals surface area contributed by atoms with E-state index < -0.39 is 23.7 Å². The molecule has 2 aromatic carbocycles. The Kier molecular flexibility index (Phi) is 3.81. The molecule has 0 aliphatic carbocycles. The maximum Gasteiger partial charge on any atom is 0.440 e. The molecule has 2 heterocycles. The van der Waals surface area contributed by atoms with Gasteiger partial charge in [0.1, 0.15) is 5.75 Å². The van der Waals surface area contributed by atoms with E-state index in [1.165, 1.54) is 37.4 Å². The van der Waals surface area contributed by atoms with Gasteiger partial charge in [0, 0.05) is 5.56 Å². The topological polar surface area (TPSA) is 85.2 Å². The van der Waals surface area contributed by atoms with Crippen LogP contribution in [-0.4, -0.2) is 40.3 Å². The molecule has 144 valence electrons. The van der Waals surface area contributed by atoms with Crippen molar-refractivity contribution in [1.82, 2.24) is 14.9 Å². The minimum atomic E-state index is -5.12. The highest BCUT2D eigenvalue weighted by molar-refractivity contribution is 6.08. The van der Waals surface area contributed by atoms with Crippen molar-refractivity contribution in [2.45, 2.75) is 11.8 Å². The van der Waals surface area contributed by atoms with Gasteiger partial charge in [0.25, 0.3) is 17.5 Å². The van der Waals surface area contributed by atoms with Crippen LogP contribution >= 0.6 is 0 Å². The second kappa shape index (κ2) is 5.98. The Hall–Kier alpha value is -3.56. The van der Waals surface area contributed by atoms with Gasteiger partial charge in [-0.2, -0.15) is 13.2 Å². The first-order valence-corrected chi connectivity index (χ1v) is 8.10. The lowest BCUT2D eigenvalue weighted by Gasteiger charge is -2.30. The molecule has 1 amide bonds. The van der Waals surface area contributed by atoms with Crippen molar-refractivity contribution in [1.29, 1.82) is 0 Å². The van der Waals surface area contributed by atoms with Crippen molar-refractivity contribution < 1.29 is 27.5 Å². The third kappa shape index (κ3) is 2.48. The predicted octanol–water partition coefficient (Wildman–Crippen LogP) is 2.80. The van der Waals surface area contributed by atoms with Crippen molar-refractivity contribution in [3.05, 3.63) is 54.1 Å². The van der Waals surface area contributed by atoms with E-state index in [1.807, 2.05) is 5.32 Å². The monoisotopic (exact) mass is 390 g/mol. The SMILES string of the molecule is COc1ccc(C(=O)N[C@@]2(C(F)(F)F)Nc3nc4ccccc4n3C2=O)cc1. The Morgan fingerprint density at radius 3 is 2.50 bits per heavy atom. The number of nitrogens with one attached hydrogen (secondary N) is 2. The van der Waals surface area contributed by atoms with Crippen LogP contribution in [0.1, 0.15) is 15.2 Å². The van der Waals surface area contributed by atoms with E-state index in [1.54, 1.807) is 18.2 Å². The fourth-order valence-electron chi connectivity index (χ4n) is 3.04. The zero-order valence-electron chi connectivity index (χ0n) is 14.4. The van der Waals surface area contributed by atoms with Crippen molar-refractivity contribution in [3.63, 3.8) is 0 Å². The first kappa shape index (κ1) is 17.8. The Labute approximate surface area is 156 Å². The van der Waals surface area contributed by atoms with Gasteiger partial charge in [0.05, 0.1) is 18.1 Å². The zero-order chi connectivity index (χ0) is 20.1. The van der Waals surface area contributed by atoms with Gasteiger partial charge in [-0.3, -0.25) is 9.59 Å². The number of anilines is 1. The number of para-hydroxylation sites is 2. The quantitative estimate of drug-likeness (QED) is 0.719. The van der Waals surface area contributed by atoms with Crippen molar-refractivity contribution in [2.75, 3.05) is 12.4 Å². The molecule has 2 N–H and O–H groups in total. The number of hydrogen-bond donors (Lipinski definition) is 2. The summed E-state index contributed by atoms with van der Waals surface area (Å²) in [5, 5.41) is 3.88. The number of carbonyl (C=O) groups excluding carboxylic acids is 2. The summed E-state index contributed by atoms with van der Waals surface area (Å²) >= 11 is 0. The van der Waals surface area contributed by atoms with E-state index in [2.05, 4.69) is 10.3 Å². The number of imidazole rings is 1. The van der Waals surface area contributed by atoms with Gasteiger partial charge in [-0.1, -0.05) is 12.1 Å². The standard InChI is InChI=1S/C18H13F3N4O3/c1-28-11-8-6-10(7-9-11)14(26)23-17(18(19,20)21)15(27)25-13-5-3-2-4-12(13)22-16(25)24-17/h2-9H,1H3,(H,22,24)(H,23,26)/t17-/m1/s1. The third-order valence-corrected chi connectivity index (χ3v) is 4.46. The molecule has 28 heavy (non-hydrogen) atoms. The zero-order valence-corrected chi connectivity index (χ0v) is 14.4. The number of rotatable bonds is 3. The van der Waals surface area contributed by atoms with Crippen LogP contribution in [0.2, 0.25) is 0 Å². The normalized spacial score (nSPS) is 18.6. The van der Waals surface area contributed by atoms with Crippen LogP contribution in [0.4, 0.5) is 19.1 Å². The van der Waals surface area contributed by atoms with Gasteiger partial charge in [-0.25, -0.2) is 9.55 Å². The van der Waals surface area contributed by atoms with Crippen molar-refractivity contribution >= 4 is 28.8 Å². The summed E-state index contributed by atoms with van der Waals surface area (Å²) in [5.74, 6) is -2.32. The summed E-state index contributed by atoms with van der Waals surface area (Å²) in [6.07, 6.45) is -5.12. The number of halogens is 3. The van der Waals surface area contributed by atoms with Gasteiger partial charge in [-0.05, 0) is 36.4 Å². The van der Waals surface area contributed by atoms with E-state index >= 15 is 0 Å². The highest BCUT2D eigenvalue weighted by Crippen LogP contribution is 2.39. The molecule has 0 spiro atoms. The van der Waals surface area contributed by atoms with Crippen LogP contribution in [0.3, 0.4) is 0 Å². The summed E-state index contributed by atoms with van der Waals surface area (Å²) in [6.45, 7) is 0. The van der Waals surface area contributed by atoms with Gasteiger partial charge in [0.2, 0.25) is 5.95 Å². The summed E-state index contributed by atoms with van der Waals surface area (Å²) < 4.78 is 47.6. The first-order chi connectivity index (χ1) is 13.3. The van der Waals surface area contributed by atoms with Crippen LogP contribution in [0.5, 0.6) is 5.75 Å². The fourth-order valence-corrected chi connectivity index (χ4v) is 3.04. The molecule has 0 saturated heterocycles. The Morgan fingerprint density at radius 1 is 1.18 bits per heavy atom. The second-order valence-electron chi connectivity index (χ2n) is 6.12. The Balaban J connectivity index is 1.74. The molecule has 0 radical (unpaired) electrons. The average molecular weight is 390 g/mol. The van der Waals surface area contributed by atoms with E-state index in [9.17, 15) is 22.8 Å². The second-order valence-corrected chi connectivity index (χ2v) is 6.12. The van der Waals surface area contributed by atoms with Crippen LogP contribution in [0.25, 0.3) is 11.0 Å². The molecular weight excluding hydrogens is 377 g/mol. The maximum atomic E-state index is 13.9. The van der Waals surface area contributed by atoms with E-state index in [4.69, 9.17) is 4.74 Å². The van der Waals surface area contributed by atoms with Crippen LogP contribution in [0.15, 0.2) is 48.5 Å². The fraction of sp³-hybridized carbons (Fsp3) is 0.167. The van der Waals surface area contributed by atoms with Gasteiger partial charge < -0.3 is 15.4 Å². The number of nitrogens with zero attached hydrogens (tertiary/aromatic N) is 2. The van der Waals surface area contributed by atoms with E-state index in [0.29, 0.717) is 11.3 Å². The molecule has 1 aliphatic heterocycles. The lowest BCUT2D eigenvalue weighted by Crippen LogP contribution is -2.67. The largest absolute Gasteiger partial charge is 0.497 e. The van der Waals surface area contributed by atoms with Gasteiger partial charge >= 0.3 is 6.18 Å². The van der Waals surface area contributed by atoms with E-state index in [0.717, 1.165) is 4.57 Å². The van der Waals surface area contributed by atoms with Crippen molar-refractivity contribution in [2.24, 2.45) is 0 Å². The highest BCUT2D eigenvalue weighted by Gasteiger charge is 2.66. The number of methoxy groups -OCH3 is 1. The number of benzene rings is 2. The molecule has 0 bridgehead atoms. The number of alkyl halides is 3. The number of ether oxygens (including phenoxy) is 1. The minimum absolute atomic E-state index is 0.0616. The number of carbonyl (C=O) groups is 2. The number of fused-ring (bicyclic) bond motifs is 3. The van der Waals surface area contributed by atoms with Crippen LogP contribution < -0.4 is 15.4 Å². The molecule has 0 saturated carbocycles. The first-order valence-electron chi connectivity index (χ1n) is 8.10. The molecule has 1 aromatic heterocycles. The van der Waals surface area contributed by atoms with E-state index in [-0.39, 0.29) is 17.0 Å². The number of hydrogen-bond acceptors (Lipinski definition) is 5.